The molecule has 1 aliphatic carbocycles. The Balaban J connectivity index is 1.64. The number of carbonyl (C=O) groups excluding carboxylic acids is 6. The van der Waals surface area contributed by atoms with E-state index in [9.17, 15) is 28.8 Å². The molecule has 148 valence electrons. The predicted octanol–water partition coefficient (Wildman–Crippen LogP) is -1.34. The molecule has 0 bridgehead atoms. The number of amides is 4. The van der Waals surface area contributed by atoms with Crippen molar-refractivity contribution < 1.29 is 38.2 Å². The zero-order chi connectivity index (χ0) is 20.6. The van der Waals surface area contributed by atoms with Gasteiger partial charge in [-0.3, -0.25) is 29.0 Å². The number of ether oxygens (including phenoxy) is 2. The van der Waals surface area contributed by atoms with Crippen molar-refractivity contribution in [3.05, 3.63) is 25.3 Å². The molecule has 0 atom stereocenters. The Morgan fingerprint density at radius 3 is 1.25 bits per heavy atom. The highest BCUT2D eigenvalue weighted by Gasteiger charge is 2.73. The van der Waals surface area contributed by atoms with Crippen molar-refractivity contribution in [2.45, 2.75) is 0 Å². The zero-order valence-corrected chi connectivity index (χ0v) is 14.9. The van der Waals surface area contributed by atoms with Gasteiger partial charge in [0.1, 0.15) is 13.2 Å². The third-order valence-electron chi connectivity index (χ3n) is 5.20. The average Bonchev–Trinajstić information content (AvgIpc) is 2.96. The summed E-state index contributed by atoms with van der Waals surface area (Å²) < 4.78 is 9.55. The maximum absolute atomic E-state index is 12.5. The number of rotatable bonds is 8. The van der Waals surface area contributed by atoms with Crippen LogP contribution in [0.1, 0.15) is 0 Å². The van der Waals surface area contributed by atoms with E-state index in [0.29, 0.717) is 0 Å². The molecule has 0 aromatic rings. The van der Waals surface area contributed by atoms with Crippen LogP contribution in [-0.4, -0.2) is 71.7 Å². The second kappa shape index (κ2) is 7.37. The lowest BCUT2D eigenvalue weighted by molar-refractivity contribution is -0.147. The highest BCUT2D eigenvalue weighted by Crippen LogP contribution is 2.56. The molecule has 10 nitrogen and oxygen atoms in total. The van der Waals surface area contributed by atoms with Crippen molar-refractivity contribution in [3.8, 4) is 0 Å². The first-order chi connectivity index (χ1) is 13.3. The van der Waals surface area contributed by atoms with Gasteiger partial charge in [0.2, 0.25) is 23.6 Å². The molecular formula is C18H18N2O8. The predicted molar refractivity (Wildman–Crippen MR) is 89.7 cm³/mol. The molecule has 0 N–H and O–H groups in total. The maximum Gasteiger partial charge on any atom is 0.330 e. The molecule has 0 radical (unpaired) electrons. The Bertz CT molecular complexity index is 689. The highest BCUT2D eigenvalue weighted by atomic mass is 16.5. The van der Waals surface area contributed by atoms with E-state index < -0.39 is 59.2 Å². The molecule has 3 rings (SSSR count). The van der Waals surface area contributed by atoms with Gasteiger partial charge in [0, 0.05) is 12.2 Å². The Hall–Kier alpha value is -3.30. The van der Waals surface area contributed by atoms with Crippen LogP contribution >= 0.6 is 0 Å². The van der Waals surface area contributed by atoms with Crippen LogP contribution in [0.15, 0.2) is 25.3 Å². The van der Waals surface area contributed by atoms with E-state index in [4.69, 9.17) is 9.47 Å². The van der Waals surface area contributed by atoms with Crippen molar-refractivity contribution in [2.24, 2.45) is 23.7 Å². The van der Waals surface area contributed by atoms with Crippen molar-refractivity contribution >= 4 is 35.6 Å². The summed E-state index contributed by atoms with van der Waals surface area (Å²) in [5, 5.41) is 0. The van der Waals surface area contributed by atoms with Crippen LogP contribution in [0.25, 0.3) is 0 Å². The first-order valence-electron chi connectivity index (χ1n) is 8.62. The van der Waals surface area contributed by atoms with E-state index in [1.54, 1.807) is 0 Å². The summed E-state index contributed by atoms with van der Waals surface area (Å²) in [7, 11) is 0. The number of hydrogen-bond donors (Lipinski definition) is 0. The van der Waals surface area contributed by atoms with Crippen LogP contribution in [0.5, 0.6) is 0 Å². The fraction of sp³-hybridized carbons (Fsp3) is 0.444. The van der Waals surface area contributed by atoms with Gasteiger partial charge in [-0.1, -0.05) is 13.2 Å². The van der Waals surface area contributed by atoms with Crippen LogP contribution in [0, 0.1) is 23.7 Å². The molecule has 1 saturated carbocycles. The summed E-state index contributed by atoms with van der Waals surface area (Å²) in [5.41, 5.74) is 0. The number of esters is 2. The summed E-state index contributed by atoms with van der Waals surface area (Å²) in [6, 6.07) is 0. The Morgan fingerprint density at radius 1 is 0.714 bits per heavy atom. The molecule has 3 aliphatic rings. The lowest BCUT2D eigenvalue weighted by atomic mass is 9.59. The number of carbonyl (C=O) groups is 6. The van der Waals surface area contributed by atoms with Crippen molar-refractivity contribution in [2.75, 3.05) is 26.3 Å². The molecule has 3 fully saturated rings. The van der Waals surface area contributed by atoms with Crippen LogP contribution in [0.3, 0.4) is 0 Å². The first kappa shape index (κ1) is 19.5. The van der Waals surface area contributed by atoms with Gasteiger partial charge in [0.15, 0.2) is 0 Å². The Labute approximate surface area is 159 Å². The van der Waals surface area contributed by atoms with E-state index in [-0.39, 0.29) is 26.3 Å². The van der Waals surface area contributed by atoms with E-state index >= 15 is 0 Å². The Kier molecular flexibility index (Phi) is 5.12. The van der Waals surface area contributed by atoms with E-state index in [0.717, 1.165) is 22.0 Å². The molecule has 28 heavy (non-hydrogen) atoms. The second-order valence-electron chi connectivity index (χ2n) is 6.50. The van der Waals surface area contributed by atoms with Gasteiger partial charge >= 0.3 is 11.9 Å². The molecule has 0 aromatic heterocycles. The Morgan fingerprint density at radius 2 is 1.00 bits per heavy atom. The van der Waals surface area contributed by atoms with Gasteiger partial charge in [-0.05, 0) is 0 Å². The lowest BCUT2D eigenvalue weighted by Gasteiger charge is -2.36. The minimum Gasteiger partial charge on any atom is -0.461 e. The van der Waals surface area contributed by atoms with Crippen molar-refractivity contribution in [3.63, 3.8) is 0 Å². The topological polar surface area (TPSA) is 127 Å². The largest absolute Gasteiger partial charge is 0.461 e. The van der Waals surface area contributed by atoms with E-state index in [1.807, 2.05) is 0 Å². The van der Waals surface area contributed by atoms with Crippen LogP contribution < -0.4 is 0 Å². The maximum atomic E-state index is 12.5. The summed E-state index contributed by atoms with van der Waals surface area (Å²) >= 11 is 0. The van der Waals surface area contributed by atoms with Gasteiger partial charge in [0.25, 0.3) is 0 Å². The number of likely N-dealkylation sites (tertiary alicyclic amines) is 2. The van der Waals surface area contributed by atoms with Crippen LogP contribution in [-0.2, 0) is 38.2 Å². The van der Waals surface area contributed by atoms with Crippen LogP contribution in [0.2, 0.25) is 0 Å². The summed E-state index contributed by atoms with van der Waals surface area (Å²) in [4.78, 5) is 74.2. The first-order valence-corrected chi connectivity index (χ1v) is 8.62. The summed E-state index contributed by atoms with van der Waals surface area (Å²) in [6.45, 7) is 5.80. The van der Waals surface area contributed by atoms with Gasteiger partial charge in [-0.15, -0.1) is 0 Å². The third kappa shape index (κ3) is 2.90. The van der Waals surface area contributed by atoms with Crippen molar-refractivity contribution in [1.29, 1.82) is 0 Å². The summed E-state index contributed by atoms with van der Waals surface area (Å²) in [5.74, 6) is -7.10. The SMILES string of the molecule is C=CC(=O)OCCN1C(=O)C2C(C1=O)C1C(=O)N(CCOC(=O)C=C)C(=O)C21. The van der Waals surface area contributed by atoms with Crippen LogP contribution in [0.4, 0.5) is 0 Å². The van der Waals surface area contributed by atoms with Gasteiger partial charge in [0.05, 0.1) is 36.8 Å². The number of hydrogen-bond acceptors (Lipinski definition) is 8. The van der Waals surface area contributed by atoms with E-state index in [1.165, 1.54) is 0 Å². The van der Waals surface area contributed by atoms with Gasteiger partial charge in [-0.2, -0.15) is 0 Å². The fourth-order valence-electron chi connectivity index (χ4n) is 3.95. The minimum atomic E-state index is -0.884. The quantitative estimate of drug-likeness (QED) is 0.283. The zero-order valence-electron chi connectivity index (χ0n) is 14.9. The number of fused-ring (bicyclic) bond motifs is 4. The summed E-state index contributed by atoms with van der Waals surface area (Å²) in [6.07, 6.45) is 1.92. The third-order valence-corrected chi connectivity index (χ3v) is 5.20. The van der Waals surface area contributed by atoms with Crippen molar-refractivity contribution in [1.82, 2.24) is 9.80 Å². The smallest absolute Gasteiger partial charge is 0.330 e. The standard InChI is InChI=1S/C18H18N2O8/c1-3-9(21)27-7-5-19-15(23)11-12(16(19)24)14-13(11)17(25)20(18(14)26)6-8-28-10(22)4-2/h3-4,11-14H,1-2,5-8H2. The second-order valence-corrected chi connectivity index (χ2v) is 6.50. The molecule has 4 amide bonds. The van der Waals surface area contributed by atoms with E-state index in [2.05, 4.69) is 13.2 Å². The molecule has 0 spiro atoms. The number of imide groups is 2. The number of nitrogens with zero attached hydrogens (tertiary/aromatic N) is 2. The normalized spacial score (nSPS) is 27.9. The average molecular weight is 390 g/mol. The van der Waals surface area contributed by atoms with Gasteiger partial charge in [-0.25, -0.2) is 9.59 Å². The van der Waals surface area contributed by atoms with Gasteiger partial charge < -0.3 is 9.47 Å². The minimum absolute atomic E-state index is 0.146. The molecule has 2 aliphatic heterocycles. The molecule has 2 heterocycles. The molecule has 0 aromatic carbocycles. The fourth-order valence-corrected chi connectivity index (χ4v) is 3.95. The lowest BCUT2D eigenvalue weighted by Crippen LogP contribution is -2.50. The molecule has 2 saturated heterocycles. The highest BCUT2D eigenvalue weighted by molar-refractivity contribution is 6.17. The molecular weight excluding hydrogens is 372 g/mol. The molecule has 0 unspecified atom stereocenters. The molecule has 10 heteroatoms. The monoisotopic (exact) mass is 390 g/mol.